The number of fused-ring (bicyclic) bond motifs is 3. The van der Waals surface area contributed by atoms with Crippen LogP contribution in [0.2, 0.25) is 0 Å². The number of hydrogen-bond acceptors (Lipinski definition) is 10. The smallest absolute Gasteiger partial charge is 0.240 e. The zero-order valence-electron chi connectivity index (χ0n) is 34.3. The van der Waals surface area contributed by atoms with Gasteiger partial charge in [0, 0.05) is 29.5 Å². The molecule has 3 fully saturated rings. The molecule has 11 nitrogen and oxygen atoms in total. The Kier molecular flexibility index (Phi) is 11.7. The zero-order chi connectivity index (χ0) is 41.5. The highest BCUT2D eigenvalue weighted by atomic mass is 32.2. The number of aromatic nitrogens is 2. The molecular formula is C46H54N4O7S2. The molecule has 8 rings (SSSR count). The van der Waals surface area contributed by atoms with Crippen molar-refractivity contribution in [1.82, 2.24) is 19.6 Å². The molecule has 1 N–H and O–H groups in total. The lowest BCUT2D eigenvalue weighted by atomic mass is 9.90. The van der Waals surface area contributed by atoms with Gasteiger partial charge in [-0.25, -0.2) is 18.4 Å². The van der Waals surface area contributed by atoms with E-state index in [-0.39, 0.29) is 48.8 Å². The lowest BCUT2D eigenvalue weighted by molar-refractivity contribution is -0.142. The number of sulfonamides is 1. The van der Waals surface area contributed by atoms with E-state index in [1.165, 1.54) is 11.3 Å². The summed E-state index contributed by atoms with van der Waals surface area (Å²) < 4.78 is 40.9. The van der Waals surface area contributed by atoms with Crippen molar-refractivity contribution < 1.29 is 32.3 Å². The normalized spacial score (nSPS) is 25.8. The molecule has 0 spiro atoms. The summed E-state index contributed by atoms with van der Waals surface area (Å²) in [7, 11) is -2.19. The molecule has 2 aromatic carbocycles. The van der Waals surface area contributed by atoms with Crippen molar-refractivity contribution in [2.24, 2.45) is 17.3 Å². The maximum atomic E-state index is 14.9. The number of Topliss-reactive ketones (excluding diaryl/α,β-unsaturated/α-hetero) is 1. The second-order valence-electron chi connectivity index (χ2n) is 17.3. The average Bonchev–Trinajstić information content (AvgIpc) is 4.09. The number of carbonyl (C=O) groups is 3. The molecule has 13 heteroatoms. The van der Waals surface area contributed by atoms with Gasteiger partial charge in [0.15, 0.2) is 5.78 Å². The summed E-state index contributed by atoms with van der Waals surface area (Å²) in [6.45, 7) is 6.36. The highest BCUT2D eigenvalue weighted by Gasteiger charge is 2.61. The number of thiazole rings is 1. The van der Waals surface area contributed by atoms with Gasteiger partial charge in [0.1, 0.15) is 22.6 Å². The first-order chi connectivity index (χ1) is 28.4. The molecule has 5 atom stereocenters. The monoisotopic (exact) mass is 838 g/mol. The fraction of sp³-hybridized carbons (Fsp3) is 0.500. The molecule has 0 unspecified atom stereocenters. The van der Waals surface area contributed by atoms with Gasteiger partial charge in [-0.1, -0.05) is 69.2 Å². The second-order valence-corrected chi connectivity index (χ2v) is 20.1. The van der Waals surface area contributed by atoms with Gasteiger partial charge < -0.3 is 14.4 Å². The number of allylic oxidation sites excluding steroid dienone is 2. The number of amides is 2. The first kappa shape index (κ1) is 41.1. The molecular weight excluding hydrogens is 785 g/mol. The third-order valence-electron chi connectivity index (χ3n) is 12.7. The number of hydrogen-bond donors (Lipinski definition) is 1. The number of rotatable bonds is 10. The van der Waals surface area contributed by atoms with E-state index < -0.39 is 38.7 Å². The molecule has 2 aliphatic heterocycles. The fourth-order valence-corrected chi connectivity index (χ4v) is 11.2. The number of benzene rings is 2. The number of carbonyl (C=O) groups excluding carboxylic acids is 3. The zero-order valence-corrected chi connectivity index (χ0v) is 35.9. The maximum absolute atomic E-state index is 14.9. The topological polar surface area (TPSA) is 145 Å². The number of aryl methyl sites for hydroxylation is 1. The van der Waals surface area contributed by atoms with Crippen LogP contribution in [0, 0.1) is 24.2 Å². The molecule has 2 aromatic heterocycles. The van der Waals surface area contributed by atoms with Crippen LogP contribution >= 0.6 is 11.3 Å². The van der Waals surface area contributed by atoms with Crippen LogP contribution in [0.15, 0.2) is 66.1 Å². The molecule has 312 valence electrons. The van der Waals surface area contributed by atoms with Crippen molar-refractivity contribution in [2.75, 3.05) is 13.7 Å². The minimum absolute atomic E-state index is 0.107. The van der Waals surface area contributed by atoms with Crippen LogP contribution in [0.4, 0.5) is 0 Å². The molecule has 0 radical (unpaired) electrons. The van der Waals surface area contributed by atoms with Gasteiger partial charge in [-0.2, -0.15) is 0 Å². The SMILES string of the molecule is COc1ccc2c(O[C@@H]3C[C@H]4C(=O)C[C@]5(C(=O)NS(=O)(=O)C6CC6)C[C@H]5/C=C\CCCCC[C@H](Cc5ccccc5)C(=O)N4C3)nc(-c3nc(C(C)C)cs3)cc2c1C. The summed E-state index contributed by atoms with van der Waals surface area (Å²) >= 11 is 1.52. The van der Waals surface area contributed by atoms with Gasteiger partial charge in [0.25, 0.3) is 0 Å². The number of methoxy groups -OCH3 is 1. The quantitative estimate of drug-likeness (QED) is 0.157. The van der Waals surface area contributed by atoms with Crippen molar-refractivity contribution in [1.29, 1.82) is 0 Å². The van der Waals surface area contributed by atoms with Crippen molar-refractivity contribution in [3.63, 3.8) is 0 Å². The standard InChI is InChI=1S/C46H54N4O7S2/c1-28(2)38-27-58-43(48-38)37-23-36-29(3)41(56-4)20-19-35(36)42(47-37)57-33-22-39-40(51)25-46(45(53)49-59(54,55)34-17-18-34)24-32(46)16-12-7-5-6-11-15-31(44(52)50(39)26-33)21-30-13-9-8-10-14-30/h8-10,12-14,16,19-20,23,27-28,31-34,39H,5-7,11,15,17-18,21-22,24-26H2,1-4H3,(H,49,53)/b16-12-/t31-,32-,33-,39+,46-/m1/s1. The molecule has 0 bridgehead atoms. The Labute approximate surface area is 351 Å². The van der Waals surface area contributed by atoms with E-state index >= 15 is 0 Å². The predicted molar refractivity (Wildman–Crippen MR) is 229 cm³/mol. The van der Waals surface area contributed by atoms with Gasteiger partial charge in [0.2, 0.25) is 27.7 Å². The van der Waals surface area contributed by atoms with E-state index in [0.717, 1.165) is 64.0 Å². The molecule has 2 aliphatic carbocycles. The molecule has 4 aromatic rings. The second kappa shape index (κ2) is 16.8. The number of ketones is 1. The van der Waals surface area contributed by atoms with Crippen LogP contribution in [-0.4, -0.2) is 71.9 Å². The Morgan fingerprint density at radius 3 is 2.56 bits per heavy atom. The summed E-state index contributed by atoms with van der Waals surface area (Å²) in [5, 5.41) is 3.91. The number of nitrogens with one attached hydrogen (secondary N) is 1. The van der Waals surface area contributed by atoms with Crippen LogP contribution in [0.25, 0.3) is 21.5 Å². The van der Waals surface area contributed by atoms with E-state index in [1.54, 1.807) is 12.0 Å². The van der Waals surface area contributed by atoms with Gasteiger partial charge in [-0.3, -0.25) is 19.1 Å². The number of nitrogens with zero attached hydrogens (tertiary/aromatic N) is 3. The molecule has 2 amide bonds. The molecule has 59 heavy (non-hydrogen) atoms. The van der Waals surface area contributed by atoms with Crippen LogP contribution in [0.1, 0.15) is 101 Å². The highest BCUT2D eigenvalue weighted by Crippen LogP contribution is 2.57. The minimum Gasteiger partial charge on any atom is -0.496 e. The van der Waals surface area contributed by atoms with Crippen LogP contribution < -0.4 is 14.2 Å². The van der Waals surface area contributed by atoms with Crippen molar-refractivity contribution in [3.05, 3.63) is 82.9 Å². The van der Waals surface area contributed by atoms with Crippen LogP contribution in [0.3, 0.4) is 0 Å². The Hall–Kier alpha value is -4.62. The van der Waals surface area contributed by atoms with E-state index in [4.69, 9.17) is 19.4 Å². The summed E-state index contributed by atoms with van der Waals surface area (Å²) in [5.74, 6) is -0.262. The molecule has 4 aliphatic rings. The first-order valence-electron chi connectivity index (χ1n) is 21.1. The minimum atomic E-state index is -3.83. The number of pyridine rings is 1. The summed E-state index contributed by atoms with van der Waals surface area (Å²) in [6.07, 6.45) is 9.67. The summed E-state index contributed by atoms with van der Waals surface area (Å²) in [6, 6.07) is 14.9. The van der Waals surface area contributed by atoms with Gasteiger partial charge in [-0.05, 0) is 98.4 Å². The van der Waals surface area contributed by atoms with Crippen molar-refractivity contribution >= 4 is 49.7 Å². The lowest BCUT2D eigenvalue weighted by Crippen LogP contribution is -2.46. The third kappa shape index (κ3) is 8.68. The van der Waals surface area contributed by atoms with E-state index in [9.17, 15) is 22.8 Å². The molecule has 1 saturated heterocycles. The highest BCUT2D eigenvalue weighted by molar-refractivity contribution is 7.90. The summed E-state index contributed by atoms with van der Waals surface area (Å²) in [5.41, 5.74) is 2.41. The largest absolute Gasteiger partial charge is 0.496 e. The van der Waals surface area contributed by atoms with Crippen LogP contribution in [0.5, 0.6) is 11.6 Å². The van der Waals surface area contributed by atoms with Gasteiger partial charge >= 0.3 is 0 Å². The Morgan fingerprint density at radius 2 is 1.83 bits per heavy atom. The Morgan fingerprint density at radius 1 is 1.03 bits per heavy atom. The fourth-order valence-electron chi connectivity index (χ4n) is 8.89. The Bertz CT molecular complexity index is 2370. The van der Waals surface area contributed by atoms with Crippen LogP contribution in [-0.2, 0) is 30.8 Å². The maximum Gasteiger partial charge on any atom is 0.240 e. The van der Waals surface area contributed by atoms with E-state index in [1.807, 2.05) is 66.9 Å². The third-order valence-corrected chi connectivity index (χ3v) is 15.4. The van der Waals surface area contributed by atoms with E-state index in [0.29, 0.717) is 43.7 Å². The van der Waals surface area contributed by atoms with Crippen molar-refractivity contribution in [3.8, 4) is 22.3 Å². The lowest BCUT2D eigenvalue weighted by Gasteiger charge is -2.29. The van der Waals surface area contributed by atoms with E-state index in [2.05, 4.69) is 24.6 Å². The number of ether oxygens (including phenoxy) is 2. The van der Waals surface area contributed by atoms with Gasteiger partial charge in [-0.15, -0.1) is 11.3 Å². The average molecular weight is 839 g/mol. The Balaban J connectivity index is 1.15. The first-order valence-corrected chi connectivity index (χ1v) is 23.5. The van der Waals surface area contributed by atoms with Gasteiger partial charge in [0.05, 0.1) is 36.1 Å². The molecule has 4 heterocycles. The van der Waals surface area contributed by atoms with Crippen molar-refractivity contribution in [2.45, 2.75) is 115 Å². The predicted octanol–water partition coefficient (Wildman–Crippen LogP) is 8.10. The molecule has 2 saturated carbocycles. The summed E-state index contributed by atoms with van der Waals surface area (Å²) in [4.78, 5) is 55.3.